The van der Waals surface area contributed by atoms with Crippen LogP contribution in [-0.2, 0) is 28.4 Å². The molecule has 3 saturated heterocycles. The van der Waals surface area contributed by atoms with Gasteiger partial charge in [-0.3, -0.25) is 0 Å². The van der Waals surface area contributed by atoms with Crippen molar-refractivity contribution in [2.75, 3.05) is 52.5 Å². The zero-order valence-electron chi connectivity index (χ0n) is 29.9. The molecule has 18 N–H and O–H groups in total. The Morgan fingerprint density at radius 1 is 0.830 bits per heavy atom. The van der Waals surface area contributed by atoms with Crippen LogP contribution in [0.25, 0.3) is 0 Å². The lowest BCUT2D eigenvalue weighted by Gasteiger charge is -2.46. The normalized spacial score (nSPS) is 43.5. The zero-order valence-corrected chi connectivity index (χ0v) is 29.9. The van der Waals surface area contributed by atoms with Crippen LogP contribution in [0.5, 0.6) is 0 Å². The lowest BCUT2D eigenvalue weighted by Crippen LogP contribution is -2.64. The molecule has 0 amide bonds. The first-order valence-electron chi connectivity index (χ1n) is 18.6. The molecule has 16 atom stereocenters. The van der Waals surface area contributed by atoms with Gasteiger partial charge in [-0.15, -0.1) is 0 Å². The maximum absolute atomic E-state index is 11.7. The predicted molar refractivity (Wildman–Crippen MR) is 184 cm³/mol. The van der Waals surface area contributed by atoms with Gasteiger partial charge in [-0.2, -0.15) is 0 Å². The summed E-state index contributed by atoms with van der Waals surface area (Å²) >= 11 is 0. The summed E-state index contributed by atoms with van der Waals surface area (Å²) < 4.78 is 36.3. The van der Waals surface area contributed by atoms with Crippen molar-refractivity contribution in [3.8, 4) is 0 Å². The topological polar surface area (TPSA) is 345 Å². The molecular weight excluding hydrogens is 704 g/mol. The summed E-state index contributed by atoms with van der Waals surface area (Å²) in [5.74, 6) is -0.579. The second-order valence-corrected chi connectivity index (χ2v) is 15.1. The Bertz CT molecular complexity index is 1150. The molecule has 4 heterocycles. The lowest BCUT2D eigenvalue weighted by molar-refractivity contribution is -0.283. The van der Waals surface area contributed by atoms with Crippen LogP contribution in [0.3, 0.4) is 0 Å². The maximum atomic E-state index is 11.7. The molecule has 0 bridgehead atoms. The number of rotatable bonds is 16. The van der Waals surface area contributed by atoms with Gasteiger partial charge in [-0.1, -0.05) is 0 Å². The Morgan fingerprint density at radius 2 is 1.49 bits per heavy atom. The van der Waals surface area contributed by atoms with Gasteiger partial charge < -0.3 is 103 Å². The fraction of sp³-hybridized carbons (Fsp3) is 0.939. The third-order valence-corrected chi connectivity index (χ3v) is 11.1. The minimum Gasteiger partial charge on any atom is -0.467 e. The molecular formula is C33H62N6O14. The maximum Gasteiger partial charge on any atom is 0.215 e. The SMILES string of the molecule is NC[C@@H]1O[C@H](O[C@H]2[C@@H](O)[C@H](O[C@@H]3[C@@H](O)[C@H](CC(CO)CO)C[C@H](N)[C@H]3O[C@H]3OC(CNCC4(O)CCNCC4)=CC[C@H]3N)O[C@@H]2CO)[C@H](N)[C@@H](O)[C@@H]1O. The Hall–Kier alpha value is -1.22. The zero-order chi connectivity index (χ0) is 38.4. The fourth-order valence-electron chi connectivity index (χ4n) is 7.80. The first kappa shape index (κ1) is 42.9. The molecule has 20 nitrogen and oxygen atoms in total. The van der Waals surface area contributed by atoms with Gasteiger partial charge in [-0.25, -0.2) is 0 Å². The number of hydrogen-bond donors (Lipinski definition) is 14. The quantitative estimate of drug-likeness (QED) is 0.0694. The van der Waals surface area contributed by atoms with Crippen molar-refractivity contribution in [1.82, 2.24) is 10.6 Å². The Balaban J connectivity index is 1.29. The fourth-order valence-corrected chi connectivity index (χ4v) is 7.80. The Morgan fingerprint density at radius 3 is 2.15 bits per heavy atom. The highest BCUT2D eigenvalue weighted by Crippen LogP contribution is 2.38. The summed E-state index contributed by atoms with van der Waals surface area (Å²) in [4.78, 5) is 0. The van der Waals surface area contributed by atoms with Crippen LogP contribution < -0.4 is 33.6 Å². The van der Waals surface area contributed by atoms with Crippen LogP contribution >= 0.6 is 0 Å². The molecule has 5 aliphatic rings. The number of aliphatic hydroxyl groups is 8. The number of piperidine rings is 1. The van der Waals surface area contributed by atoms with E-state index in [4.69, 9.17) is 51.4 Å². The highest BCUT2D eigenvalue weighted by Gasteiger charge is 2.54. The number of aliphatic hydroxyl groups excluding tert-OH is 7. The van der Waals surface area contributed by atoms with Crippen LogP contribution in [0, 0.1) is 11.8 Å². The standard InChI is InChI=1S/C33H62N6O14/c34-9-20-24(44)25(45)22(37)31(49-20)52-28-21(13-42)50-32(26(28)46)53-29-23(43)16(7-15(11-40)12-41)8-19(36)27(29)51-30-18(35)2-1-17(48-30)10-39-14-33(47)3-5-38-6-4-33/h1,15-16,18-32,38-47H,2-14,34-37H2/t16-,18-,19+,20+,21-,22-,23+,24-,25-,26-,27-,28-,29-,30-,31-,32+/m1/s1. The van der Waals surface area contributed by atoms with Gasteiger partial charge in [0.05, 0.1) is 36.9 Å². The molecule has 53 heavy (non-hydrogen) atoms. The molecule has 0 radical (unpaired) electrons. The number of hydrogen-bond acceptors (Lipinski definition) is 20. The van der Waals surface area contributed by atoms with Crippen LogP contribution in [-0.4, -0.2) is 191 Å². The van der Waals surface area contributed by atoms with Crippen molar-refractivity contribution in [1.29, 1.82) is 0 Å². The highest BCUT2D eigenvalue weighted by molar-refractivity contribution is 5.05. The number of nitrogens with one attached hydrogen (secondary N) is 2. The summed E-state index contributed by atoms with van der Waals surface area (Å²) in [7, 11) is 0. The summed E-state index contributed by atoms with van der Waals surface area (Å²) in [5, 5.41) is 91.0. The minimum absolute atomic E-state index is 0.164. The van der Waals surface area contributed by atoms with Crippen LogP contribution in [0.15, 0.2) is 11.8 Å². The molecule has 1 saturated carbocycles. The first-order chi connectivity index (χ1) is 25.3. The van der Waals surface area contributed by atoms with Gasteiger partial charge >= 0.3 is 0 Å². The average Bonchev–Trinajstić information content (AvgIpc) is 3.44. The third-order valence-electron chi connectivity index (χ3n) is 11.1. The highest BCUT2D eigenvalue weighted by atomic mass is 16.8. The van der Waals surface area contributed by atoms with Gasteiger partial charge in [0, 0.05) is 38.3 Å². The molecule has 4 aliphatic heterocycles. The van der Waals surface area contributed by atoms with E-state index in [2.05, 4.69) is 10.6 Å². The Kier molecular flexibility index (Phi) is 15.6. The van der Waals surface area contributed by atoms with Crippen molar-refractivity contribution < 1.29 is 69.3 Å². The second-order valence-electron chi connectivity index (χ2n) is 15.1. The first-order valence-corrected chi connectivity index (χ1v) is 18.6. The van der Waals surface area contributed by atoms with Crippen molar-refractivity contribution in [2.45, 2.75) is 130 Å². The molecule has 0 unspecified atom stereocenters. The molecule has 5 rings (SSSR count). The molecule has 4 fully saturated rings. The molecule has 0 aromatic heterocycles. The lowest BCUT2D eigenvalue weighted by atomic mass is 9.75. The molecule has 308 valence electrons. The van der Waals surface area contributed by atoms with Gasteiger partial charge in [0.25, 0.3) is 0 Å². The minimum atomic E-state index is -1.60. The van der Waals surface area contributed by atoms with Crippen LogP contribution in [0.4, 0.5) is 0 Å². The second kappa shape index (κ2) is 19.3. The summed E-state index contributed by atoms with van der Waals surface area (Å²) in [6.07, 6.45) is -11.6. The molecule has 20 heteroatoms. The van der Waals surface area contributed by atoms with Gasteiger partial charge in [0.15, 0.2) is 12.6 Å². The monoisotopic (exact) mass is 766 g/mol. The summed E-state index contributed by atoms with van der Waals surface area (Å²) in [6, 6.07) is -2.65. The average molecular weight is 767 g/mol. The van der Waals surface area contributed by atoms with Crippen molar-refractivity contribution in [3.63, 3.8) is 0 Å². The van der Waals surface area contributed by atoms with Gasteiger partial charge in [0.1, 0.15) is 54.6 Å². The summed E-state index contributed by atoms with van der Waals surface area (Å²) in [6.45, 7) is 0.666. The largest absolute Gasteiger partial charge is 0.467 e. The van der Waals surface area contributed by atoms with E-state index in [0.29, 0.717) is 38.1 Å². The molecule has 0 aromatic carbocycles. The van der Waals surface area contributed by atoms with E-state index in [-0.39, 0.29) is 32.6 Å². The number of nitrogens with two attached hydrogens (primary N) is 4. The van der Waals surface area contributed by atoms with Crippen LogP contribution in [0.2, 0.25) is 0 Å². The van der Waals surface area contributed by atoms with E-state index in [1.165, 1.54) is 0 Å². The van der Waals surface area contributed by atoms with E-state index in [1.807, 2.05) is 6.08 Å². The van der Waals surface area contributed by atoms with Crippen molar-refractivity contribution in [2.24, 2.45) is 34.8 Å². The van der Waals surface area contributed by atoms with E-state index in [9.17, 15) is 40.9 Å². The van der Waals surface area contributed by atoms with Crippen LogP contribution in [0.1, 0.15) is 32.1 Å². The van der Waals surface area contributed by atoms with Crippen molar-refractivity contribution in [3.05, 3.63) is 11.8 Å². The Labute approximate surface area is 308 Å². The van der Waals surface area contributed by atoms with Crippen molar-refractivity contribution >= 4 is 0 Å². The molecule has 0 spiro atoms. The molecule has 0 aromatic rings. The van der Waals surface area contributed by atoms with Gasteiger partial charge in [0.2, 0.25) is 6.29 Å². The third kappa shape index (κ3) is 10.2. The predicted octanol–water partition coefficient (Wildman–Crippen LogP) is -6.69. The molecule has 1 aliphatic carbocycles. The summed E-state index contributed by atoms with van der Waals surface area (Å²) in [5.41, 5.74) is 24.0. The van der Waals surface area contributed by atoms with E-state index < -0.39 is 116 Å². The number of ether oxygens (including phenoxy) is 6. The van der Waals surface area contributed by atoms with Gasteiger partial charge in [-0.05, 0) is 57.2 Å². The smallest absolute Gasteiger partial charge is 0.215 e. The van der Waals surface area contributed by atoms with E-state index >= 15 is 0 Å². The van der Waals surface area contributed by atoms with E-state index in [0.717, 1.165) is 13.1 Å². The van der Waals surface area contributed by atoms with E-state index in [1.54, 1.807) is 0 Å².